The molecule has 3 rings (SSSR count). The highest BCUT2D eigenvalue weighted by atomic mass is 16.6. The number of nitrogens with one attached hydrogen (secondary N) is 1. The first-order valence-corrected chi connectivity index (χ1v) is 9.65. The van der Waals surface area contributed by atoms with Crippen LogP contribution in [0, 0.1) is 0 Å². The lowest BCUT2D eigenvalue weighted by Gasteiger charge is -2.23. The van der Waals surface area contributed by atoms with E-state index in [4.69, 9.17) is 24.9 Å². The highest BCUT2D eigenvalue weighted by Crippen LogP contribution is 2.31. The van der Waals surface area contributed by atoms with Crippen molar-refractivity contribution in [3.05, 3.63) is 70.1 Å². The monoisotopic (exact) mass is 425 g/mol. The molecule has 0 bridgehead atoms. The summed E-state index contributed by atoms with van der Waals surface area (Å²) in [6.45, 7) is 0.478. The van der Waals surface area contributed by atoms with Gasteiger partial charge in [0, 0.05) is 35.6 Å². The molecule has 1 heterocycles. The summed E-state index contributed by atoms with van der Waals surface area (Å²) in [5.41, 5.74) is 11.6. The van der Waals surface area contributed by atoms with E-state index in [9.17, 15) is 4.79 Å². The van der Waals surface area contributed by atoms with Crippen LogP contribution in [0.25, 0.3) is 10.4 Å². The lowest BCUT2D eigenvalue weighted by molar-refractivity contribution is -0.137. The van der Waals surface area contributed by atoms with E-state index in [1.165, 1.54) is 7.11 Å². The van der Waals surface area contributed by atoms with Crippen molar-refractivity contribution in [3.8, 4) is 5.75 Å². The molecule has 2 aromatic rings. The lowest BCUT2D eigenvalue weighted by atomic mass is 9.91. The van der Waals surface area contributed by atoms with Gasteiger partial charge in [0.05, 0.1) is 13.7 Å². The van der Waals surface area contributed by atoms with Crippen molar-refractivity contribution in [2.75, 3.05) is 26.9 Å². The number of hydrogen-bond donors (Lipinski definition) is 2. The first-order valence-electron chi connectivity index (χ1n) is 9.65. The van der Waals surface area contributed by atoms with Crippen LogP contribution in [0.15, 0.2) is 58.6 Å². The van der Waals surface area contributed by atoms with Gasteiger partial charge in [0.15, 0.2) is 5.54 Å². The maximum Gasteiger partial charge on any atom is 0.275 e. The van der Waals surface area contributed by atoms with Crippen molar-refractivity contribution in [1.29, 1.82) is 0 Å². The van der Waals surface area contributed by atoms with Gasteiger partial charge in [-0.05, 0) is 35.4 Å². The normalized spacial score (nSPS) is 17.3. The second-order valence-electron chi connectivity index (χ2n) is 6.82. The van der Waals surface area contributed by atoms with Gasteiger partial charge < -0.3 is 14.6 Å². The largest absolute Gasteiger partial charge is 0.494 e. The van der Waals surface area contributed by atoms with Gasteiger partial charge in [-0.15, -0.1) is 0 Å². The van der Waals surface area contributed by atoms with Crippen molar-refractivity contribution in [1.82, 2.24) is 5.48 Å². The molecule has 0 radical (unpaired) electrons. The minimum atomic E-state index is -1.29. The first kappa shape index (κ1) is 22.1. The number of carbonyl (C=O) groups is 1. The van der Waals surface area contributed by atoms with Crippen molar-refractivity contribution >= 4 is 17.5 Å². The number of benzene rings is 2. The summed E-state index contributed by atoms with van der Waals surface area (Å²) < 4.78 is 11.3. The van der Waals surface area contributed by atoms with Crippen LogP contribution in [0.4, 0.5) is 5.69 Å². The van der Waals surface area contributed by atoms with E-state index in [0.29, 0.717) is 41.5 Å². The Bertz CT molecular complexity index is 988. The van der Waals surface area contributed by atoms with E-state index in [2.05, 4.69) is 20.5 Å². The zero-order valence-corrected chi connectivity index (χ0v) is 17.0. The number of aliphatic hydroxyl groups excluding tert-OH is 1. The van der Waals surface area contributed by atoms with E-state index >= 15 is 0 Å². The van der Waals surface area contributed by atoms with E-state index in [1.807, 2.05) is 0 Å². The molecule has 162 valence electrons. The molecule has 1 aliphatic heterocycles. The number of amides is 1. The van der Waals surface area contributed by atoms with E-state index in [0.717, 1.165) is 0 Å². The van der Waals surface area contributed by atoms with E-state index < -0.39 is 11.4 Å². The summed E-state index contributed by atoms with van der Waals surface area (Å²) >= 11 is 0. The molecule has 0 saturated heterocycles. The van der Waals surface area contributed by atoms with E-state index in [1.54, 1.807) is 48.5 Å². The molecule has 10 nitrogen and oxygen atoms in total. The molecule has 2 aromatic carbocycles. The Balaban J connectivity index is 1.88. The zero-order chi connectivity index (χ0) is 22.1. The maximum atomic E-state index is 12.9. The van der Waals surface area contributed by atoms with Crippen LogP contribution in [0.1, 0.15) is 17.5 Å². The third kappa shape index (κ3) is 5.32. The summed E-state index contributed by atoms with van der Waals surface area (Å²) in [5.74, 6) is 0.501. The fourth-order valence-electron chi connectivity index (χ4n) is 3.14. The predicted molar refractivity (Wildman–Crippen MR) is 113 cm³/mol. The summed E-state index contributed by atoms with van der Waals surface area (Å²) in [4.78, 5) is 25.1. The standard InChI is InChI=1S/C21H23N5O5/c1-29-25-20(28)21(13-16-5-2-3-6-18(16)24-26-22)14-31-19(23-21)15-7-9-17(10-8-15)30-12-4-11-27/h2-3,5-10,27H,4,11-14H2,1H3,(H,25,28)/t21-/m0/s1. The zero-order valence-electron chi connectivity index (χ0n) is 17.0. The van der Waals surface area contributed by atoms with Gasteiger partial charge in [-0.3, -0.25) is 9.63 Å². The number of azide groups is 1. The second kappa shape index (κ2) is 10.4. The summed E-state index contributed by atoms with van der Waals surface area (Å²) in [7, 11) is 1.34. The van der Waals surface area contributed by atoms with Crippen LogP contribution >= 0.6 is 0 Å². The third-order valence-electron chi connectivity index (χ3n) is 4.68. The fraction of sp³-hybridized carbons (Fsp3) is 0.333. The molecule has 1 atom stereocenters. The Morgan fingerprint density at radius 2 is 2.10 bits per heavy atom. The van der Waals surface area contributed by atoms with Gasteiger partial charge in [-0.1, -0.05) is 29.4 Å². The molecule has 0 saturated carbocycles. The van der Waals surface area contributed by atoms with Crippen LogP contribution in [0.3, 0.4) is 0 Å². The Morgan fingerprint density at radius 3 is 2.81 bits per heavy atom. The molecule has 0 aliphatic carbocycles. The Labute approximate surface area is 179 Å². The van der Waals surface area contributed by atoms with Crippen LogP contribution in [0.5, 0.6) is 5.75 Å². The summed E-state index contributed by atoms with van der Waals surface area (Å²) in [6.07, 6.45) is 0.704. The van der Waals surface area contributed by atoms with Crippen molar-refractivity contribution in [3.63, 3.8) is 0 Å². The Morgan fingerprint density at radius 1 is 1.32 bits per heavy atom. The minimum Gasteiger partial charge on any atom is -0.494 e. The summed E-state index contributed by atoms with van der Waals surface area (Å²) in [5, 5.41) is 12.5. The molecular weight excluding hydrogens is 402 g/mol. The number of rotatable bonds is 10. The van der Waals surface area contributed by atoms with Crippen molar-refractivity contribution in [2.24, 2.45) is 10.1 Å². The SMILES string of the molecule is CONC(=O)[C@]1(Cc2ccccc2N=[N+]=[N-])COC(c2ccc(OCCCO)cc2)=N1. The highest BCUT2D eigenvalue weighted by molar-refractivity contribution is 6.00. The molecule has 31 heavy (non-hydrogen) atoms. The molecule has 0 aromatic heterocycles. The smallest absolute Gasteiger partial charge is 0.275 e. The molecule has 0 fully saturated rings. The molecule has 1 aliphatic rings. The Hall–Kier alpha value is -3.59. The highest BCUT2D eigenvalue weighted by Gasteiger charge is 2.45. The molecule has 0 spiro atoms. The van der Waals surface area contributed by atoms with Crippen LogP contribution in [-0.2, 0) is 20.8 Å². The molecular formula is C21H23N5O5. The quantitative estimate of drug-likeness (QED) is 0.198. The second-order valence-corrected chi connectivity index (χ2v) is 6.82. The maximum absolute atomic E-state index is 12.9. The number of carbonyl (C=O) groups excluding carboxylic acids is 1. The average molecular weight is 425 g/mol. The predicted octanol–water partition coefficient (Wildman–Crippen LogP) is 2.83. The lowest BCUT2D eigenvalue weighted by Crippen LogP contribution is -2.48. The molecule has 1 amide bonds. The van der Waals surface area contributed by atoms with Gasteiger partial charge in [0.25, 0.3) is 5.91 Å². The van der Waals surface area contributed by atoms with E-state index in [-0.39, 0.29) is 19.6 Å². The third-order valence-corrected chi connectivity index (χ3v) is 4.68. The van der Waals surface area contributed by atoms with Gasteiger partial charge in [0.2, 0.25) is 5.90 Å². The van der Waals surface area contributed by atoms with Crippen LogP contribution in [-0.4, -0.2) is 49.4 Å². The van der Waals surface area contributed by atoms with Gasteiger partial charge in [-0.25, -0.2) is 10.5 Å². The van der Waals surface area contributed by atoms with Gasteiger partial charge in [-0.2, -0.15) is 0 Å². The fourth-order valence-corrected chi connectivity index (χ4v) is 3.14. The van der Waals surface area contributed by atoms with Gasteiger partial charge in [0.1, 0.15) is 12.4 Å². The van der Waals surface area contributed by atoms with Crippen molar-refractivity contribution < 1.29 is 24.2 Å². The topological polar surface area (TPSA) is 138 Å². The van der Waals surface area contributed by atoms with Crippen LogP contribution in [0.2, 0.25) is 0 Å². The summed E-state index contributed by atoms with van der Waals surface area (Å²) in [6, 6.07) is 14.1. The first-order chi connectivity index (χ1) is 15.1. The van der Waals surface area contributed by atoms with Crippen molar-refractivity contribution in [2.45, 2.75) is 18.4 Å². The molecule has 2 N–H and O–H groups in total. The number of aliphatic imine (C=N–C) groups is 1. The number of nitrogens with zero attached hydrogens (tertiary/aromatic N) is 4. The molecule has 0 unspecified atom stereocenters. The number of ether oxygens (including phenoxy) is 2. The molecule has 10 heteroatoms. The van der Waals surface area contributed by atoms with Crippen LogP contribution < -0.4 is 10.2 Å². The average Bonchev–Trinajstić information content (AvgIpc) is 3.22. The number of aliphatic hydroxyl groups is 1. The minimum absolute atomic E-state index is 0.00310. The number of hydrogen-bond acceptors (Lipinski definition) is 7. The Kier molecular flexibility index (Phi) is 7.45. The number of hydroxylamine groups is 1. The van der Waals surface area contributed by atoms with Gasteiger partial charge >= 0.3 is 0 Å².